The lowest BCUT2D eigenvalue weighted by Gasteiger charge is -2.61. The smallest absolute Gasteiger partial charge is 0.347 e. The van der Waals surface area contributed by atoms with Crippen LogP contribution >= 0.6 is 15.9 Å². The number of nitrogens with one attached hydrogen (secondary N) is 1. The fourth-order valence-electron chi connectivity index (χ4n) is 2.83. The van der Waals surface area contributed by atoms with Crippen LogP contribution in [0.25, 0.3) is 0 Å². The van der Waals surface area contributed by atoms with Crippen molar-refractivity contribution >= 4 is 21.8 Å². The second-order valence-corrected chi connectivity index (χ2v) is 6.35. The summed E-state index contributed by atoms with van der Waals surface area (Å²) in [7, 11) is 0. The summed E-state index contributed by atoms with van der Waals surface area (Å²) in [6.45, 7) is 0. The van der Waals surface area contributed by atoms with E-state index < -0.39 is 17.6 Å². The third-order valence-electron chi connectivity index (χ3n) is 3.90. The topological polar surface area (TPSA) is 29.1 Å². The molecule has 0 atom stereocenters. The lowest BCUT2D eigenvalue weighted by molar-refractivity contribution is -0.137. The van der Waals surface area contributed by atoms with E-state index in [0.717, 1.165) is 31.4 Å². The number of alkyl halides is 3. The Morgan fingerprint density at radius 2 is 1.89 bits per heavy atom. The summed E-state index contributed by atoms with van der Waals surface area (Å²) >= 11 is 3.01. The monoisotopic (exact) mass is 333 g/mol. The Labute approximate surface area is 116 Å². The predicted molar refractivity (Wildman–Crippen MR) is 66.7 cm³/mol. The minimum atomic E-state index is -4.45. The van der Waals surface area contributed by atoms with E-state index in [0.29, 0.717) is 5.92 Å². The van der Waals surface area contributed by atoms with Gasteiger partial charge in [-0.05, 0) is 43.4 Å². The molecule has 2 bridgehead atoms. The van der Waals surface area contributed by atoms with E-state index in [2.05, 4.69) is 21.2 Å². The molecule has 3 saturated carbocycles. The molecule has 0 unspecified atom stereocenters. The fraction of sp³-hybridized carbons (Fsp3) is 0.462. The summed E-state index contributed by atoms with van der Waals surface area (Å²) in [5.74, 6) is 0.276. The van der Waals surface area contributed by atoms with E-state index in [-0.39, 0.29) is 15.6 Å². The highest BCUT2D eigenvalue weighted by molar-refractivity contribution is 9.10. The van der Waals surface area contributed by atoms with Crippen LogP contribution in [0.15, 0.2) is 22.7 Å². The van der Waals surface area contributed by atoms with Gasteiger partial charge in [-0.15, -0.1) is 0 Å². The molecular weight excluding hydrogens is 323 g/mol. The zero-order valence-corrected chi connectivity index (χ0v) is 11.4. The van der Waals surface area contributed by atoms with Gasteiger partial charge in [0.25, 0.3) is 5.91 Å². The Hall–Kier alpha value is -1.04. The van der Waals surface area contributed by atoms with Crippen molar-refractivity contribution in [2.75, 3.05) is 0 Å². The maximum atomic E-state index is 12.7. The average molecular weight is 334 g/mol. The van der Waals surface area contributed by atoms with Crippen molar-refractivity contribution in [3.63, 3.8) is 0 Å². The summed E-state index contributed by atoms with van der Waals surface area (Å²) in [5.41, 5.74) is -0.904. The molecule has 4 rings (SSSR count). The van der Waals surface area contributed by atoms with Crippen molar-refractivity contribution in [3.8, 4) is 0 Å². The molecule has 3 fully saturated rings. The van der Waals surface area contributed by atoms with Crippen LogP contribution in [0.5, 0.6) is 0 Å². The van der Waals surface area contributed by atoms with E-state index in [1.54, 1.807) is 0 Å². The molecule has 3 aliphatic rings. The third kappa shape index (κ3) is 2.26. The highest BCUT2D eigenvalue weighted by Crippen LogP contribution is 2.57. The third-order valence-corrected chi connectivity index (χ3v) is 4.36. The molecule has 0 aliphatic heterocycles. The second-order valence-electron chi connectivity index (χ2n) is 5.44. The van der Waals surface area contributed by atoms with Crippen molar-refractivity contribution in [3.05, 3.63) is 33.8 Å². The molecule has 0 radical (unpaired) electrons. The van der Waals surface area contributed by atoms with Crippen molar-refractivity contribution in [1.82, 2.24) is 5.32 Å². The molecule has 3 aliphatic carbocycles. The van der Waals surface area contributed by atoms with Gasteiger partial charge >= 0.3 is 6.18 Å². The molecule has 102 valence electrons. The molecule has 0 aromatic heterocycles. The number of carbonyl (C=O) groups is 1. The highest BCUT2D eigenvalue weighted by Gasteiger charge is 2.57. The van der Waals surface area contributed by atoms with Gasteiger partial charge in [-0.3, -0.25) is 4.79 Å². The van der Waals surface area contributed by atoms with Crippen molar-refractivity contribution < 1.29 is 18.0 Å². The van der Waals surface area contributed by atoms with Gasteiger partial charge in [-0.25, -0.2) is 0 Å². The van der Waals surface area contributed by atoms with Crippen LogP contribution in [-0.2, 0) is 6.18 Å². The number of halogens is 4. The molecule has 1 aromatic rings. The number of hydrogen-bond acceptors (Lipinski definition) is 1. The molecular formula is C13H11BrF3NO. The second kappa shape index (κ2) is 3.98. The predicted octanol–water partition coefficient (Wildman–Crippen LogP) is 3.75. The maximum Gasteiger partial charge on any atom is 0.416 e. The summed E-state index contributed by atoms with van der Waals surface area (Å²) in [5, 5.41) is 2.85. The van der Waals surface area contributed by atoms with E-state index in [9.17, 15) is 18.0 Å². The summed E-state index contributed by atoms with van der Waals surface area (Å²) in [6, 6.07) is 3.28. The van der Waals surface area contributed by atoms with Gasteiger partial charge in [0, 0.05) is 15.6 Å². The molecule has 6 heteroatoms. The van der Waals surface area contributed by atoms with Gasteiger partial charge in [-0.1, -0.05) is 15.9 Å². The Morgan fingerprint density at radius 1 is 1.26 bits per heavy atom. The van der Waals surface area contributed by atoms with E-state index in [1.807, 2.05) is 0 Å². The van der Waals surface area contributed by atoms with Crippen LogP contribution < -0.4 is 5.32 Å². The van der Waals surface area contributed by atoms with Crippen LogP contribution in [-0.4, -0.2) is 11.4 Å². The summed E-state index contributed by atoms with van der Waals surface area (Å²) in [4.78, 5) is 12.0. The highest BCUT2D eigenvalue weighted by atomic mass is 79.9. The standard InChI is InChI=1S/C13H11BrF3NO/c14-10-2-8(1-9(3-10)13(15,16)17)11(19)18-12-4-7(5-12)6-12/h1-3,7H,4-6H2,(H,18,19). The first-order chi connectivity index (χ1) is 8.77. The number of hydrogen-bond donors (Lipinski definition) is 1. The zero-order valence-electron chi connectivity index (χ0n) is 9.85. The van der Waals surface area contributed by atoms with Gasteiger partial charge in [0.2, 0.25) is 0 Å². The van der Waals surface area contributed by atoms with Crippen molar-refractivity contribution in [2.45, 2.75) is 31.0 Å². The Kier molecular flexibility index (Phi) is 2.71. The first-order valence-electron chi connectivity index (χ1n) is 5.98. The van der Waals surface area contributed by atoms with Gasteiger partial charge in [0.15, 0.2) is 0 Å². The SMILES string of the molecule is O=C(NC12CC(C1)C2)c1cc(Br)cc(C(F)(F)F)c1. The van der Waals surface area contributed by atoms with Crippen LogP contribution in [0, 0.1) is 5.92 Å². The number of rotatable bonds is 2. The average Bonchev–Trinajstić information content (AvgIpc) is 2.19. The van der Waals surface area contributed by atoms with Gasteiger partial charge in [0.05, 0.1) is 5.56 Å². The van der Waals surface area contributed by atoms with E-state index in [4.69, 9.17) is 0 Å². The first-order valence-corrected chi connectivity index (χ1v) is 6.77. The van der Waals surface area contributed by atoms with Crippen molar-refractivity contribution in [2.24, 2.45) is 5.92 Å². The molecule has 0 spiro atoms. The molecule has 19 heavy (non-hydrogen) atoms. The first kappa shape index (κ1) is 13.0. The minimum absolute atomic E-state index is 0.0476. The van der Waals surface area contributed by atoms with E-state index in [1.165, 1.54) is 6.07 Å². The quantitative estimate of drug-likeness (QED) is 0.877. The molecule has 1 aromatic carbocycles. The normalized spacial score (nSPS) is 28.3. The number of benzene rings is 1. The molecule has 2 nitrogen and oxygen atoms in total. The van der Waals surface area contributed by atoms with Gasteiger partial charge in [-0.2, -0.15) is 13.2 Å². The zero-order chi connectivity index (χ0) is 13.8. The van der Waals surface area contributed by atoms with Crippen LogP contribution in [0.1, 0.15) is 35.2 Å². The fourth-order valence-corrected chi connectivity index (χ4v) is 3.32. The molecule has 0 saturated heterocycles. The Morgan fingerprint density at radius 3 is 2.37 bits per heavy atom. The molecule has 1 N–H and O–H groups in total. The van der Waals surface area contributed by atoms with Crippen molar-refractivity contribution in [1.29, 1.82) is 0 Å². The molecule has 1 amide bonds. The largest absolute Gasteiger partial charge is 0.416 e. The number of amides is 1. The van der Waals surface area contributed by atoms with E-state index >= 15 is 0 Å². The Bertz CT molecular complexity index is 538. The van der Waals surface area contributed by atoms with Gasteiger partial charge in [0.1, 0.15) is 0 Å². The Balaban J connectivity index is 1.83. The van der Waals surface area contributed by atoms with Crippen LogP contribution in [0.4, 0.5) is 13.2 Å². The summed E-state index contributed by atoms with van der Waals surface area (Å²) in [6.07, 6.45) is -1.58. The molecule has 0 heterocycles. The lowest BCUT2D eigenvalue weighted by atomic mass is 9.50. The maximum absolute atomic E-state index is 12.7. The lowest BCUT2D eigenvalue weighted by Crippen LogP contribution is -2.68. The summed E-state index contributed by atoms with van der Waals surface area (Å²) < 4.78 is 38.3. The van der Waals surface area contributed by atoms with Crippen LogP contribution in [0.2, 0.25) is 0 Å². The minimum Gasteiger partial charge on any atom is -0.347 e. The number of carbonyl (C=O) groups excluding carboxylic acids is 1. The van der Waals surface area contributed by atoms with Crippen LogP contribution in [0.3, 0.4) is 0 Å². The van der Waals surface area contributed by atoms with Gasteiger partial charge < -0.3 is 5.32 Å².